The Kier molecular flexibility index (Phi) is 4.05. The number of anilines is 3. The fraction of sp³-hybridized carbons (Fsp3) is 0.278. The maximum Gasteiger partial charge on any atom is 0.415 e. The van der Waals surface area contributed by atoms with Gasteiger partial charge in [0.1, 0.15) is 11.4 Å². The highest BCUT2D eigenvalue weighted by molar-refractivity contribution is 6.30. The highest BCUT2D eigenvalue weighted by Gasteiger charge is 2.39. The molecule has 2 aromatic carbocycles. The first kappa shape index (κ1) is 16.5. The number of hydrogen-bond acceptors (Lipinski definition) is 4. The van der Waals surface area contributed by atoms with Gasteiger partial charge in [0.2, 0.25) is 0 Å². The van der Waals surface area contributed by atoms with E-state index in [1.165, 1.54) is 4.90 Å². The zero-order valence-electron chi connectivity index (χ0n) is 14.0. The first-order valence-electron chi connectivity index (χ1n) is 7.53. The van der Waals surface area contributed by atoms with Crippen molar-refractivity contribution in [2.75, 3.05) is 24.4 Å². The van der Waals surface area contributed by atoms with Crippen LogP contribution < -0.4 is 15.0 Å². The number of carbonyl (C=O) groups excluding carboxylic acids is 1. The number of amides is 1. The molecule has 24 heavy (non-hydrogen) atoms. The number of nitrogens with one attached hydrogen (secondary N) is 1. The number of nitrogens with zero attached hydrogens (tertiary/aromatic N) is 1. The molecule has 5 nitrogen and oxygen atoms in total. The van der Waals surface area contributed by atoms with Crippen LogP contribution in [0.1, 0.15) is 19.4 Å². The van der Waals surface area contributed by atoms with Crippen molar-refractivity contribution in [2.45, 2.75) is 19.4 Å². The Hall–Kier alpha value is -2.40. The lowest BCUT2D eigenvalue weighted by Crippen LogP contribution is -2.41. The Bertz CT molecular complexity index is 788. The van der Waals surface area contributed by atoms with Crippen molar-refractivity contribution >= 4 is 34.8 Å². The van der Waals surface area contributed by atoms with E-state index in [-0.39, 0.29) is 0 Å². The summed E-state index contributed by atoms with van der Waals surface area (Å²) in [4.78, 5) is 13.5. The van der Waals surface area contributed by atoms with E-state index in [1.54, 1.807) is 14.2 Å². The molecule has 1 aliphatic heterocycles. The molecule has 0 bridgehead atoms. The molecule has 126 valence electrons. The lowest BCUT2D eigenvalue weighted by molar-refractivity contribution is 0.0358. The highest BCUT2D eigenvalue weighted by Crippen LogP contribution is 2.45. The minimum Gasteiger partial charge on any atom is -0.494 e. The summed E-state index contributed by atoms with van der Waals surface area (Å²) < 4.78 is 11.0. The van der Waals surface area contributed by atoms with Crippen LogP contribution in [-0.2, 0) is 10.3 Å². The minimum atomic E-state index is -0.746. The molecular weight excluding hydrogens is 328 g/mol. The Morgan fingerprint density at radius 3 is 2.46 bits per heavy atom. The molecule has 0 atom stereocenters. The molecule has 3 rings (SSSR count). The number of methoxy groups -OCH3 is 1. The molecule has 1 amide bonds. The van der Waals surface area contributed by atoms with Gasteiger partial charge in [0, 0.05) is 35.1 Å². The molecule has 0 aliphatic carbocycles. The van der Waals surface area contributed by atoms with Gasteiger partial charge in [-0.15, -0.1) is 0 Å². The summed E-state index contributed by atoms with van der Waals surface area (Å²) in [6.45, 7) is 3.73. The predicted octanol–water partition coefficient (Wildman–Crippen LogP) is 4.91. The SMILES string of the molecule is COc1cc(Nc2ccc(Cl)cc2)cc2c1N(C)C(=O)OC2(C)C. The monoisotopic (exact) mass is 346 g/mol. The third kappa shape index (κ3) is 2.87. The van der Waals surface area contributed by atoms with Gasteiger partial charge < -0.3 is 14.8 Å². The Morgan fingerprint density at radius 1 is 1.17 bits per heavy atom. The maximum absolute atomic E-state index is 12.1. The van der Waals surface area contributed by atoms with Crippen LogP contribution in [0.2, 0.25) is 5.02 Å². The van der Waals surface area contributed by atoms with Gasteiger partial charge in [-0.25, -0.2) is 4.79 Å². The van der Waals surface area contributed by atoms with E-state index in [2.05, 4.69) is 5.32 Å². The van der Waals surface area contributed by atoms with E-state index in [1.807, 2.05) is 50.2 Å². The van der Waals surface area contributed by atoms with Gasteiger partial charge in [0.25, 0.3) is 0 Å². The molecule has 1 aliphatic rings. The number of ether oxygens (including phenoxy) is 2. The van der Waals surface area contributed by atoms with Gasteiger partial charge in [-0.05, 0) is 44.2 Å². The molecular formula is C18H19ClN2O3. The fourth-order valence-corrected chi connectivity index (χ4v) is 2.90. The molecule has 0 saturated carbocycles. The van der Waals surface area contributed by atoms with E-state index >= 15 is 0 Å². The van der Waals surface area contributed by atoms with Gasteiger partial charge >= 0.3 is 6.09 Å². The molecule has 0 aromatic heterocycles. The number of fused-ring (bicyclic) bond motifs is 1. The molecule has 0 saturated heterocycles. The van der Waals surface area contributed by atoms with Crippen molar-refractivity contribution < 1.29 is 14.3 Å². The average molecular weight is 347 g/mol. The van der Waals surface area contributed by atoms with Gasteiger partial charge in [-0.1, -0.05) is 11.6 Å². The summed E-state index contributed by atoms with van der Waals surface area (Å²) in [5.41, 5.74) is 2.60. The number of halogens is 1. The summed E-state index contributed by atoms with van der Waals surface area (Å²) in [7, 11) is 3.26. The summed E-state index contributed by atoms with van der Waals surface area (Å²) in [6, 6.07) is 11.3. The second-order valence-electron chi connectivity index (χ2n) is 6.14. The summed E-state index contributed by atoms with van der Waals surface area (Å²) >= 11 is 5.92. The molecule has 2 aromatic rings. The summed E-state index contributed by atoms with van der Waals surface area (Å²) in [6.07, 6.45) is -0.399. The van der Waals surface area contributed by atoms with Crippen molar-refractivity contribution in [2.24, 2.45) is 0 Å². The molecule has 0 fully saturated rings. The van der Waals surface area contributed by atoms with E-state index in [0.29, 0.717) is 10.8 Å². The van der Waals surface area contributed by atoms with Gasteiger partial charge in [-0.2, -0.15) is 0 Å². The van der Waals surface area contributed by atoms with Crippen LogP contribution in [-0.4, -0.2) is 20.3 Å². The lowest BCUT2D eigenvalue weighted by atomic mass is 9.93. The van der Waals surface area contributed by atoms with Crippen LogP contribution in [0.3, 0.4) is 0 Å². The van der Waals surface area contributed by atoms with Gasteiger partial charge in [0.05, 0.1) is 12.8 Å². The second kappa shape index (κ2) is 5.91. The topological polar surface area (TPSA) is 50.8 Å². The first-order chi connectivity index (χ1) is 11.3. The number of hydrogen-bond donors (Lipinski definition) is 1. The number of benzene rings is 2. The third-order valence-electron chi connectivity index (χ3n) is 4.03. The fourth-order valence-electron chi connectivity index (χ4n) is 2.77. The predicted molar refractivity (Wildman–Crippen MR) is 95.6 cm³/mol. The highest BCUT2D eigenvalue weighted by atomic mass is 35.5. The quantitative estimate of drug-likeness (QED) is 0.857. The molecule has 0 radical (unpaired) electrons. The first-order valence-corrected chi connectivity index (χ1v) is 7.91. The number of carbonyl (C=O) groups is 1. The van der Waals surface area contributed by atoms with E-state index in [9.17, 15) is 4.79 Å². The minimum absolute atomic E-state index is 0.399. The smallest absolute Gasteiger partial charge is 0.415 e. The Morgan fingerprint density at radius 2 is 1.83 bits per heavy atom. The zero-order chi connectivity index (χ0) is 17.5. The standard InChI is InChI=1S/C18H19ClN2O3/c1-18(2)14-9-13(20-12-7-5-11(19)6-8-12)10-15(23-4)16(14)21(3)17(22)24-18/h5-10,20H,1-4H3. The molecule has 1 heterocycles. The largest absolute Gasteiger partial charge is 0.494 e. The zero-order valence-corrected chi connectivity index (χ0v) is 14.8. The number of cyclic esters (lactones) is 1. The number of rotatable bonds is 3. The van der Waals surface area contributed by atoms with Crippen LogP contribution in [0.4, 0.5) is 21.9 Å². The van der Waals surface area contributed by atoms with Crippen LogP contribution in [0.5, 0.6) is 5.75 Å². The molecule has 6 heteroatoms. The van der Waals surface area contributed by atoms with Crippen molar-refractivity contribution in [3.8, 4) is 5.75 Å². The second-order valence-corrected chi connectivity index (χ2v) is 6.58. The van der Waals surface area contributed by atoms with E-state index < -0.39 is 11.7 Å². The molecule has 0 spiro atoms. The van der Waals surface area contributed by atoms with Crippen molar-refractivity contribution in [3.05, 3.63) is 47.0 Å². The third-order valence-corrected chi connectivity index (χ3v) is 4.28. The molecule has 1 N–H and O–H groups in total. The van der Waals surface area contributed by atoms with Crippen LogP contribution in [0.15, 0.2) is 36.4 Å². The maximum atomic E-state index is 12.1. The van der Waals surface area contributed by atoms with Crippen molar-refractivity contribution in [1.82, 2.24) is 0 Å². The van der Waals surface area contributed by atoms with Gasteiger partial charge in [0.15, 0.2) is 0 Å². The molecule has 0 unspecified atom stereocenters. The van der Waals surface area contributed by atoms with Crippen LogP contribution >= 0.6 is 11.6 Å². The summed E-state index contributed by atoms with van der Waals surface area (Å²) in [5.74, 6) is 0.608. The summed E-state index contributed by atoms with van der Waals surface area (Å²) in [5, 5.41) is 4.00. The van der Waals surface area contributed by atoms with Crippen LogP contribution in [0, 0.1) is 0 Å². The Balaban J connectivity index is 2.08. The van der Waals surface area contributed by atoms with Crippen molar-refractivity contribution in [1.29, 1.82) is 0 Å². The van der Waals surface area contributed by atoms with E-state index in [0.717, 1.165) is 22.6 Å². The normalized spacial score (nSPS) is 15.5. The average Bonchev–Trinajstić information content (AvgIpc) is 2.54. The van der Waals surface area contributed by atoms with Crippen LogP contribution in [0.25, 0.3) is 0 Å². The van der Waals surface area contributed by atoms with E-state index in [4.69, 9.17) is 21.1 Å². The van der Waals surface area contributed by atoms with Crippen molar-refractivity contribution in [3.63, 3.8) is 0 Å². The lowest BCUT2D eigenvalue weighted by Gasteiger charge is -2.38. The Labute approximate surface area is 146 Å². The van der Waals surface area contributed by atoms with Gasteiger partial charge in [-0.3, -0.25) is 4.90 Å².